The largest absolute Gasteiger partial charge is 0.376 e. The van der Waals surface area contributed by atoms with Gasteiger partial charge in [-0.15, -0.1) is 0 Å². The molecule has 1 fully saturated rings. The van der Waals surface area contributed by atoms with E-state index in [1.54, 1.807) is 0 Å². The third-order valence-electron chi connectivity index (χ3n) is 2.69. The summed E-state index contributed by atoms with van der Waals surface area (Å²) >= 11 is 5.85. The molecule has 0 amide bonds. The van der Waals surface area contributed by atoms with E-state index in [0.717, 1.165) is 18.2 Å². The van der Waals surface area contributed by atoms with Crippen molar-refractivity contribution >= 4 is 17.7 Å². The maximum absolute atomic E-state index is 5.85. The van der Waals surface area contributed by atoms with Crippen molar-refractivity contribution in [3.05, 3.63) is 52.6 Å². The van der Waals surface area contributed by atoms with Crippen LogP contribution in [0.5, 0.6) is 0 Å². The fraction of sp³-hybridized carbons (Fsp3) is 0.286. The van der Waals surface area contributed by atoms with Gasteiger partial charge in [-0.05, 0) is 30.2 Å². The molecular weight excluding hydrogens is 220 g/mol. The summed E-state index contributed by atoms with van der Waals surface area (Å²) in [5.41, 5.74) is 2.51. The van der Waals surface area contributed by atoms with Crippen molar-refractivity contribution in [2.75, 3.05) is 13.2 Å². The minimum absolute atomic E-state index is 0.431. The van der Waals surface area contributed by atoms with Gasteiger partial charge in [-0.2, -0.15) is 0 Å². The van der Waals surface area contributed by atoms with Crippen LogP contribution in [0, 0.1) is 5.92 Å². The molecule has 1 heterocycles. The zero-order chi connectivity index (χ0) is 11.4. The summed E-state index contributed by atoms with van der Waals surface area (Å²) in [7, 11) is 0. The Morgan fingerprint density at radius 2 is 2.06 bits per heavy atom. The van der Waals surface area contributed by atoms with E-state index < -0.39 is 0 Å². The zero-order valence-corrected chi connectivity index (χ0v) is 10.1. The van der Waals surface area contributed by atoms with Crippen LogP contribution in [0.3, 0.4) is 0 Å². The monoisotopic (exact) mass is 234 g/mol. The summed E-state index contributed by atoms with van der Waals surface area (Å²) in [4.78, 5) is 0. The van der Waals surface area contributed by atoms with Crippen molar-refractivity contribution in [1.82, 2.24) is 0 Å². The Bertz CT molecular complexity index is 403. The van der Waals surface area contributed by atoms with Crippen LogP contribution >= 0.6 is 11.6 Å². The minimum Gasteiger partial charge on any atom is -0.376 e. The number of hydrogen-bond acceptors (Lipinski definition) is 1. The highest BCUT2D eigenvalue weighted by atomic mass is 35.5. The lowest BCUT2D eigenvalue weighted by Gasteiger charge is -2.03. The Morgan fingerprint density at radius 3 is 2.75 bits per heavy atom. The van der Waals surface area contributed by atoms with Gasteiger partial charge >= 0.3 is 0 Å². The van der Waals surface area contributed by atoms with Gasteiger partial charge in [-0.3, -0.25) is 0 Å². The first kappa shape index (κ1) is 11.4. The van der Waals surface area contributed by atoms with Gasteiger partial charge < -0.3 is 4.74 Å². The van der Waals surface area contributed by atoms with Crippen LogP contribution in [0.25, 0.3) is 6.08 Å². The summed E-state index contributed by atoms with van der Waals surface area (Å²) in [5, 5.41) is 0.773. The molecule has 2 rings (SSSR count). The molecule has 0 saturated carbocycles. The molecule has 0 aromatic heterocycles. The van der Waals surface area contributed by atoms with Crippen LogP contribution in [-0.4, -0.2) is 13.2 Å². The second-order valence-corrected chi connectivity index (χ2v) is 4.35. The quantitative estimate of drug-likeness (QED) is 0.705. The highest BCUT2D eigenvalue weighted by molar-refractivity contribution is 6.30. The van der Waals surface area contributed by atoms with Gasteiger partial charge in [0.05, 0.1) is 13.2 Å². The molecule has 1 aromatic carbocycles. The maximum atomic E-state index is 5.85. The summed E-state index contributed by atoms with van der Waals surface area (Å²) in [6, 6.07) is 7.88. The zero-order valence-electron chi connectivity index (χ0n) is 9.32. The van der Waals surface area contributed by atoms with Gasteiger partial charge in [0, 0.05) is 10.9 Å². The number of ether oxygens (including phenoxy) is 1. The van der Waals surface area contributed by atoms with Crippen LogP contribution < -0.4 is 0 Å². The molecule has 1 saturated heterocycles. The summed E-state index contributed by atoms with van der Waals surface area (Å²) in [6.45, 7) is 3.57. The molecule has 1 aliphatic heterocycles. The van der Waals surface area contributed by atoms with E-state index in [-0.39, 0.29) is 0 Å². The third-order valence-corrected chi connectivity index (χ3v) is 2.94. The standard InChI is InChI=1S/C14H15ClO/c1-2-3-12-9-16-10-13(12)8-11-4-6-14(15)7-5-11/h2-8,12H,9-10H2,1H3/b3-2+,13-8+/t12-/m0/s1. The lowest BCUT2D eigenvalue weighted by Crippen LogP contribution is -1.96. The molecule has 1 aliphatic rings. The molecule has 16 heavy (non-hydrogen) atoms. The predicted molar refractivity (Wildman–Crippen MR) is 68.6 cm³/mol. The SMILES string of the molecule is C/C=C/[C@H]1COC/C1=C\c1ccc(Cl)cc1. The summed E-state index contributed by atoms with van der Waals surface area (Å²) in [6.07, 6.45) is 6.46. The second-order valence-electron chi connectivity index (χ2n) is 3.92. The molecule has 0 aliphatic carbocycles. The Labute approximate surface area is 101 Å². The van der Waals surface area contributed by atoms with E-state index in [4.69, 9.17) is 16.3 Å². The molecule has 1 atom stereocenters. The molecule has 1 aromatic rings. The van der Waals surface area contributed by atoms with Gasteiger partial charge in [-0.25, -0.2) is 0 Å². The van der Waals surface area contributed by atoms with Crippen LogP contribution in [-0.2, 0) is 4.74 Å². The lowest BCUT2D eigenvalue weighted by atomic mass is 10.00. The Morgan fingerprint density at radius 1 is 1.31 bits per heavy atom. The first-order chi connectivity index (χ1) is 7.79. The van der Waals surface area contributed by atoms with E-state index in [1.165, 1.54) is 11.1 Å². The minimum atomic E-state index is 0.431. The Balaban J connectivity index is 2.19. The van der Waals surface area contributed by atoms with Gasteiger partial charge in [0.1, 0.15) is 0 Å². The predicted octanol–water partition coefficient (Wildman–Crippen LogP) is 3.95. The van der Waals surface area contributed by atoms with Crippen LogP contribution in [0.15, 0.2) is 42.0 Å². The molecule has 2 heteroatoms. The molecule has 0 spiro atoms. The van der Waals surface area contributed by atoms with E-state index >= 15 is 0 Å². The molecule has 1 nitrogen and oxygen atoms in total. The van der Waals surface area contributed by atoms with Crippen molar-refractivity contribution in [2.45, 2.75) is 6.92 Å². The first-order valence-electron chi connectivity index (χ1n) is 5.46. The fourth-order valence-corrected chi connectivity index (χ4v) is 1.98. The van der Waals surface area contributed by atoms with Gasteiger partial charge in [0.25, 0.3) is 0 Å². The number of halogens is 1. The molecule has 0 radical (unpaired) electrons. The van der Waals surface area contributed by atoms with Crippen molar-refractivity contribution in [3.63, 3.8) is 0 Å². The summed E-state index contributed by atoms with van der Waals surface area (Å²) in [5.74, 6) is 0.431. The smallest absolute Gasteiger partial charge is 0.0687 e. The normalized spacial score (nSPS) is 23.4. The fourth-order valence-electron chi connectivity index (χ4n) is 1.85. The van der Waals surface area contributed by atoms with Crippen LogP contribution in [0.1, 0.15) is 12.5 Å². The topological polar surface area (TPSA) is 9.23 Å². The second kappa shape index (κ2) is 5.33. The summed E-state index contributed by atoms with van der Waals surface area (Å²) < 4.78 is 5.47. The Kier molecular flexibility index (Phi) is 3.81. The van der Waals surface area contributed by atoms with Crippen molar-refractivity contribution < 1.29 is 4.74 Å². The van der Waals surface area contributed by atoms with Gasteiger partial charge in [0.2, 0.25) is 0 Å². The number of hydrogen-bond donors (Lipinski definition) is 0. The average Bonchev–Trinajstić information content (AvgIpc) is 2.70. The van der Waals surface area contributed by atoms with E-state index in [9.17, 15) is 0 Å². The van der Waals surface area contributed by atoms with Gasteiger partial charge in [-0.1, -0.05) is 42.0 Å². The molecular formula is C14H15ClO. The van der Waals surface area contributed by atoms with Crippen molar-refractivity contribution in [3.8, 4) is 0 Å². The molecule has 84 valence electrons. The van der Waals surface area contributed by atoms with E-state index in [1.807, 2.05) is 31.2 Å². The number of allylic oxidation sites excluding steroid dienone is 1. The number of benzene rings is 1. The van der Waals surface area contributed by atoms with Crippen LogP contribution in [0.4, 0.5) is 0 Å². The van der Waals surface area contributed by atoms with E-state index in [0.29, 0.717) is 5.92 Å². The van der Waals surface area contributed by atoms with Crippen molar-refractivity contribution in [1.29, 1.82) is 0 Å². The van der Waals surface area contributed by atoms with E-state index in [2.05, 4.69) is 18.2 Å². The third kappa shape index (κ3) is 2.75. The van der Waals surface area contributed by atoms with Crippen molar-refractivity contribution in [2.24, 2.45) is 5.92 Å². The first-order valence-corrected chi connectivity index (χ1v) is 5.84. The molecule has 0 bridgehead atoms. The molecule has 0 unspecified atom stereocenters. The average molecular weight is 235 g/mol. The molecule has 0 N–H and O–H groups in total. The maximum Gasteiger partial charge on any atom is 0.0687 e. The highest BCUT2D eigenvalue weighted by Gasteiger charge is 2.18. The Hall–Kier alpha value is -1.05. The van der Waals surface area contributed by atoms with Gasteiger partial charge in [0.15, 0.2) is 0 Å². The highest BCUT2D eigenvalue weighted by Crippen LogP contribution is 2.24. The number of rotatable bonds is 2. The lowest BCUT2D eigenvalue weighted by molar-refractivity contribution is 0.195. The van der Waals surface area contributed by atoms with Crippen LogP contribution in [0.2, 0.25) is 5.02 Å².